The molecule has 1 aliphatic rings. The second-order valence-electron chi connectivity index (χ2n) is 6.40. The SMILES string of the molecule is CC(C)CCC(C)(CNC1CC1)C(C)C. The van der Waals surface area contributed by atoms with Gasteiger partial charge in [-0.15, -0.1) is 0 Å². The molecule has 0 heterocycles. The van der Waals surface area contributed by atoms with Crippen LogP contribution in [0.15, 0.2) is 0 Å². The first-order valence-electron chi connectivity index (χ1n) is 6.67. The zero-order valence-corrected chi connectivity index (χ0v) is 11.3. The van der Waals surface area contributed by atoms with E-state index in [1.807, 2.05) is 0 Å². The summed E-state index contributed by atoms with van der Waals surface area (Å²) in [5, 5.41) is 3.70. The molecule has 0 amide bonds. The molecule has 1 saturated carbocycles. The van der Waals surface area contributed by atoms with Gasteiger partial charge in [0.05, 0.1) is 0 Å². The number of nitrogens with one attached hydrogen (secondary N) is 1. The van der Waals surface area contributed by atoms with Gasteiger partial charge in [0.25, 0.3) is 0 Å². The zero-order chi connectivity index (χ0) is 11.5. The molecule has 0 aromatic heterocycles. The topological polar surface area (TPSA) is 12.0 Å². The highest BCUT2D eigenvalue weighted by Crippen LogP contribution is 2.34. The normalized spacial score (nSPS) is 21.0. The van der Waals surface area contributed by atoms with E-state index in [4.69, 9.17) is 0 Å². The van der Waals surface area contributed by atoms with Gasteiger partial charge in [0, 0.05) is 12.6 Å². The second-order valence-corrected chi connectivity index (χ2v) is 6.40. The van der Waals surface area contributed by atoms with Gasteiger partial charge in [0.2, 0.25) is 0 Å². The minimum Gasteiger partial charge on any atom is -0.313 e. The summed E-state index contributed by atoms with van der Waals surface area (Å²) in [5.74, 6) is 1.62. The van der Waals surface area contributed by atoms with E-state index in [0.29, 0.717) is 5.41 Å². The molecule has 0 saturated heterocycles. The molecular formula is C14H29N. The van der Waals surface area contributed by atoms with Crippen molar-refractivity contribution in [3.63, 3.8) is 0 Å². The third-order valence-electron chi connectivity index (χ3n) is 4.06. The van der Waals surface area contributed by atoms with Gasteiger partial charge in [-0.3, -0.25) is 0 Å². The van der Waals surface area contributed by atoms with Gasteiger partial charge in [0.15, 0.2) is 0 Å². The molecule has 0 aromatic rings. The summed E-state index contributed by atoms with van der Waals surface area (Å²) in [6.07, 6.45) is 5.53. The van der Waals surface area contributed by atoms with Crippen molar-refractivity contribution in [2.75, 3.05) is 6.54 Å². The molecule has 90 valence electrons. The van der Waals surface area contributed by atoms with Crippen LogP contribution in [0.1, 0.15) is 60.3 Å². The van der Waals surface area contributed by atoms with Crippen LogP contribution in [0.5, 0.6) is 0 Å². The van der Waals surface area contributed by atoms with Crippen molar-refractivity contribution in [3.05, 3.63) is 0 Å². The average molecular weight is 211 g/mol. The van der Waals surface area contributed by atoms with Crippen molar-refractivity contribution in [1.82, 2.24) is 5.32 Å². The molecule has 1 heteroatoms. The highest BCUT2D eigenvalue weighted by atomic mass is 15.0. The lowest BCUT2D eigenvalue weighted by atomic mass is 9.74. The van der Waals surface area contributed by atoms with Crippen molar-refractivity contribution < 1.29 is 0 Å². The Balaban J connectivity index is 2.36. The molecule has 1 unspecified atom stereocenters. The first-order valence-corrected chi connectivity index (χ1v) is 6.67. The Morgan fingerprint density at radius 1 is 1.20 bits per heavy atom. The fourth-order valence-electron chi connectivity index (χ4n) is 1.86. The van der Waals surface area contributed by atoms with Gasteiger partial charge in [-0.05, 0) is 36.5 Å². The molecule has 1 fully saturated rings. The van der Waals surface area contributed by atoms with Crippen LogP contribution in [0.4, 0.5) is 0 Å². The van der Waals surface area contributed by atoms with E-state index in [9.17, 15) is 0 Å². The molecule has 0 spiro atoms. The maximum atomic E-state index is 3.70. The Bertz CT molecular complexity index is 174. The fraction of sp³-hybridized carbons (Fsp3) is 1.00. The zero-order valence-electron chi connectivity index (χ0n) is 11.3. The second kappa shape index (κ2) is 5.34. The first-order chi connectivity index (χ1) is 6.94. The average Bonchev–Trinajstić information content (AvgIpc) is 2.94. The molecule has 1 aliphatic carbocycles. The van der Waals surface area contributed by atoms with E-state index < -0.39 is 0 Å². The van der Waals surface area contributed by atoms with Crippen LogP contribution in [0.3, 0.4) is 0 Å². The smallest absolute Gasteiger partial charge is 0.00684 e. The van der Waals surface area contributed by atoms with Gasteiger partial charge in [0.1, 0.15) is 0 Å². The fourth-order valence-corrected chi connectivity index (χ4v) is 1.86. The van der Waals surface area contributed by atoms with Crippen molar-refractivity contribution in [1.29, 1.82) is 0 Å². The van der Waals surface area contributed by atoms with Crippen LogP contribution in [-0.2, 0) is 0 Å². The van der Waals surface area contributed by atoms with Crippen LogP contribution >= 0.6 is 0 Å². The van der Waals surface area contributed by atoms with E-state index >= 15 is 0 Å². The van der Waals surface area contributed by atoms with Crippen molar-refractivity contribution >= 4 is 0 Å². The minimum absolute atomic E-state index is 0.493. The summed E-state index contributed by atoms with van der Waals surface area (Å²) in [6, 6.07) is 0.849. The molecule has 0 aromatic carbocycles. The maximum Gasteiger partial charge on any atom is 0.00684 e. The summed E-state index contributed by atoms with van der Waals surface area (Å²) in [4.78, 5) is 0. The molecule has 0 bridgehead atoms. The van der Waals surface area contributed by atoms with Crippen LogP contribution in [0.25, 0.3) is 0 Å². The van der Waals surface area contributed by atoms with Crippen LogP contribution in [0, 0.1) is 17.3 Å². The largest absolute Gasteiger partial charge is 0.313 e. The Kier molecular flexibility index (Phi) is 4.64. The van der Waals surface area contributed by atoms with Crippen LogP contribution in [-0.4, -0.2) is 12.6 Å². The van der Waals surface area contributed by atoms with E-state index in [0.717, 1.165) is 17.9 Å². The van der Waals surface area contributed by atoms with Crippen LogP contribution < -0.4 is 5.32 Å². The summed E-state index contributed by atoms with van der Waals surface area (Å²) in [7, 11) is 0. The van der Waals surface area contributed by atoms with Crippen molar-refractivity contribution in [2.45, 2.75) is 66.3 Å². The molecule has 15 heavy (non-hydrogen) atoms. The standard InChI is InChI=1S/C14H29N/c1-11(2)8-9-14(5,12(3)4)10-15-13-6-7-13/h11-13,15H,6-10H2,1-5H3. The Morgan fingerprint density at radius 3 is 2.20 bits per heavy atom. The van der Waals surface area contributed by atoms with Gasteiger partial charge in [-0.2, -0.15) is 0 Å². The number of hydrogen-bond acceptors (Lipinski definition) is 1. The van der Waals surface area contributed by atoms with Crippen molar-refractivity contribution in [2.24, 2.45) is 17.3 Å². The Morgan fingerprint density at radius 2 is 1.80 bits per heavy atom. The van der Waals surface area contributed by atoms with Crippen molar-refractivity contribution in [3.8, 4) is 0 Å². The molecule has 0 radical (unpaired) electrons. The summed E-state index contributed by atoms with van der Waals surface area (Å²) in [6.45, 7) is 13.1. The lowest BCUT2D eigenvalue weighted by Crippen LogP contribution is -2.37. The van der Waals surface area contributed by atoms with Crippen LogP contribution in [0.2, 0.25) is 0 Å². The van der Waals surface area contributed by atoms with E-state index in [-0.39, 0.29) is 0 Å². The monoisotopic (exact) mass is 211 g/mol. The number of hydrogen-bond donors (Lipinski definition) is 1. The molecular weight excluding hydrogens is 182 g/mol. The molecule has 1 N–H and O–H groups in total. The minimum atomic E-state index is 0.493. The maximum absolute atomic E-state index is 3.70. The van der Waals surface area contributed by atoms with E-state index in [1.165, 1.54) is 32.2 Å². The van der Waals surface area contributed by atoms with Gasteiger partial charge < -0.3 is 5.32 Å². The van der Waals surface area contributed by atoms with Gasteiger partial charge >= 0.3 is 0 Å². The number of rotatable bonds is 7. The Hall–Kier alpha value is -0.0400. The van der Waals surface area contributed by atoms with E-state index in [1.54, 1.807) is 0 Å². The first kappa shape index (κ1) is 13.0. The quantitative estimate of drug-likeness (QED) is 0.674. The molecule has 1 rings (SSSR count). The third kappa shape index (κ3) is 4.55. The third-order valence-corrected chi connectivity index (χ3v) is 4.06. The van der Waals surface area contributed by atoms with E-state index in [2.05, 4.69) is 39.9 Å². The predicted octanol–water partition coefficient (Wildman–Crippen LogP) is 3.84. The van der Waals surface area contributed by atoms with Gasteiger partial charge in [-0.25, -0.2) is 0 Å². The summed E-state index contributed by atoms with van der Waals surface area (Å²) < 4.78 is 0. The lowest BCUT2D eigenvalue weighted by Gasteiger charge is -2.35. The molecule has 1 nitrogen and oxygen atoms in total. The predicted molar refractivity (Wildman–Crippen MR) is 68.0 cm³/mol. The molecule has 1 atom stereocenters. The summed E-state index contributed by atoms with van der Waals surface area (Å²) >= 11 is 0. The highest BCUT2D eigenvalue weighted by Gasteiger charge is 2.30. The summed E-state index contributed by atoms with van der Waals surface area (Å²) in [5.41, 5.74) is 0.493. The Labute approximate surface area is 96.0 Å². The molecule has 0 aliphatic heterocycles. The lowest BCUT2D eigenvalue weighted by molar-refractivity contribution is 0.177. The van der Waals surface area contributed by atoms with Gasteiger partial charge in [-0.1, -0.05) is 41.0 Å². The highest BCUT2D eigenvalue weighted by molar-refractivity contribution is 4.87.